The van der Waals surface area contributed by atoms with Gasteiger partial charge in [0.15, 0.2) is 0 Å². The van der Waals surface area contributed by atoms with Crippen molar-refractivity contribution in [2.75, 3.05) is 0 Å². The maximum absolute atomic E-state index is 9.75. The first kappa shape index (κ1) is 9.46. The van der Waals surface area contributed by atoms with E-state index in [0.29, 0.717) is 12.8 Å². The number of hydrogen-bond acceptors (Lipinski definition) is 4. The van der Waals surface area contributed by atoms with Crippen LogP contribution in [0.5, 0.6) is 0 Å². The van der Waals surface area contributed by atoms with Crippen LogP contribution in [0, 0.1) is 0 Å². The van der Waals surface area contributed by atoms with Gasteiger partial charge < -0.3 is 20.1 Å². The van der Waals surface area contributed by atoms with Crippen LogP contribution in [0.1, 0.15) is 19.3 Å². The molecule has 2 aliphatic rings. The second-order valence-corrected chi connectivity index (χ2v) is 4.12. The van der Waals surface area contributed by atoms with E-state index in [-0.39, 0.29) is 6.00 Å². The first-order valence-electron chi connectivity index (χ1n) is 4.80. The Morgan fingerprint density at radius 1 is 1.31 bits per heavy atom. The van der Waals surface area contributed by atoms with Crippen molar-refractivity contribution in [3.63, 3.8) is 0 Å². The Morgan fingerprint density at radius 2 is 2.00 bits per heavy atom. The van der Waals surface area contributed by atoms with Gasteiger partial charge in [0.1, 0.15) is 25.7 Å². The summed E-state index contributed by atoms with van der Waals surface area (Å²) in [4.78, 5) is 0. The van der Waals surface area contributed by atoms with Crippen molar-refractivity contribution in [1.82, 2.24) is 0 Å². The molecule has 0 aromatic carbocycles. The third-order valence-corrected chi connectivity index (χ3v) is 3.32. The summed E-state index contributed by atoms with van der Waals surface area (Å²) in [5.41, 5.74) is -0.890. The van der Waals surface area contributed by atoms with Gasteiger partial charge >= 0.3 is 0 Å². The predicted molar refractivity (Wildman–Crippen MR) is 48.0 cm³/mol. The molecule has 0 aromatic rings. The van der Waals surface area contributed by atoms with Crippen molar-refractivity contribution < 1.29 is 20.1 Å². The van der Waals surface area contributed by atoms with Gasteiger partial charge in [-0.3, -0.25) is 0 Å². The van der Waals surface area contributed by atoms with Crippen LogP contribution < -0.4 is 0 Å². The molecule has 1 saturated heterocycles. The molecule has 2 fully saturated rings. The van der Waals surface area contributed by atoms with E-state index >= 15 is 0 Å². The standard InChI is InChI=1S/C8H15BO4/c9-7-5(11)6(12)8(13-7)3-1-2-4(8)10/h4-7,10-12H,1-3,9H2/t4?,5?,6?,7-,8-/m1/s1. The Balaban J connectivity index is 2.24. The molecule has 13 heavy (non-hydrogen) atoms. The van der Waals surface area contributed by atoms with Gasteiger partial charge in [-0.15, -0.1) is 0 Å². The second-order valence-electron chi connectivity index (χ2n) is 4.12. The summed E-state index contributed by atoms with van der Waals surface area (Å²) in [5, 5.41) is 29.0. The molecular formula is C8H15BO4. The Bertz CT molecular complexity index is 212. The van der Waals surface area contributed by atoms with E-state index in [1.54, 1.807) is 7.85 Å². The van der Waals surface area contributed by atoms with Gasteiger partial charge in [0.2, 0.25) is 0 Å². The van der Waals surface area contributed by atoms with E-state index in [0.717, 1.165) is 6.42 Å². The summed E-state index contributed by atoms with van der Waals surface area (Å²) >= 11 is 0. The molecule has 0 amide bonds. The zero-order valence-electron chi connectivity index (χ0n) is 7.68. The molecule has 1 spiro atoms. The van der Waals surface area contributed by atoms with Crippen molar-refractivity contribution in [3.05, 3.63) is 0 Å². The number of aliphatic hydroxyl groups is 3. The van der Waals surface area contributed by atoms with Crippen molar-refractivity contribution in [2.24, 2.45) is 0 Å². The summed E-state index contributed by atoms with van der Waals surface area (Å²) in [6.07, 6.45) is -0.319. The van der Waals surface area contributed by atoms with E-state index < -0.39 is 23.9 Å². The summed E-state index contributed by atoms with van der Waals surface area (Å²) in [6, 6.07) is -0.386. The van der Waals surface area contributed by atoms with Crippen molar-refractivity contribution in [1.29, 1.82) is 0 Å². The fraction of sp³-hybridized carbons (Fsp3) is 1.00. The van der Waals surface area contributed by atoms with Crippen LogP contribution in [0.25, 0.3) is 0 Å². The van der Waals surface area contributed by atoms with Crippen molar-refractivity contribution in [3.8, 4) is 0 Å². The monoisotopic (exact) mass is 186 g/mol. The normalized spacial score (nSPS) is 56.2. The lowest BCUT2D eigenvalue weighted by molar-refractivity contribution is -0.124. The van der Waals surface area contributed by atoms with Crippen LogP contribution in [0.4, 0.5) is 0 Å². The van der Waals surface area contributed by atoms with Gasteiger partial charge in [-0.25, -0.2) is 0 Å². The second kappa shape index (κ2) is 2.95. The Labute approximate surface area is 77.9 Å². The van der Waals surface area contributed by atoms with Gasteiger partial charge in [-0.2, -0.15) is 0 Å². The maximum atomic E-state index is 9.75. The van der Waals surface area contributed by atoms with Crippen LogP contribution in [0.2, 0.25) is 0 Å². The summed E-state index contributed by atoms with van der Waals surface area (Å²) in [5.74, 6) is 0. The molecule has 3 unspecified atom stereocenters. The van der Waals surface area contributed by atoms with Gasteiger partial charge in [0, 0.05) is 0 Å². The predicted octanol–water partition coefficient (Wildman–Crippen LogP) is -2.02. The Morgan fingerprint density at radius 3 is 2.38 bits per heavy atom. The van der Waals surface area contributed by atoms with E-state index in [2.05, 4.69) is 0 Å². The molecule has 5 heteroatoms. The van der Waals surface area contributed by atoms with E-state index in [1.807, 2.05) is 0 Å². The largest absolute Gasteiger partial charge is 0.390 e. The summed E-state index contributed by atoms with van der Waals surface area (Å²) in [7, 11) is 1.72. The van der Waals surface area contributed by atoms with Gasteiger partial charge in [-0.1, -0.05) is 0 Å². The van der Waals surface area contributed by atoms with E-state index in [9.17, 15) is 15.3 Å². The quantitative estimate of drug-likeness (QED) is 0.382. The molecule has 1 aliphatic heterocycles. The van der Waals surface area contributed by atoms with Crippen molar-refractivity contribution in [2.45, 2.75) is 49.2 Å². The summed E-state index contributed by atoms with van der Waals surface area (Å²) < 4.78 is 5.50. The maximum Gasteiger partial charge on any atom is 0.142 e. The third kappa shape index (κ3) is 1.15. The molecule has 4 nitrogen and oxygen atoms in total. The van der Waals surface area contributed by atoms with Crippen LogP contribution in [-0.4, -0.2) is 53.1 Å². The minimum Gasteiger partial charge on any atom is -0.390 e. The zero-order chi connectivity index (χ0) is 9.64. The smallest absolute Gasteiger partial charge is 0.142 e. The van der Waals surface area contributed by atoms with E-state index in [4.69, 9.17) is 4.74 Å². The molecule has 5 atom stereocenters. The molecule has 0 radical (unpaired) electrons. The highest BCUT2D eigenvalue weighted by atomic mass is 16.6. The Kier molecular flexibility index (Phi) is 2.15. The lowest BCUT2D eigenvalue weighted by Gasteiger charge is -2.30. The topological polar surface area (TPSA) is 69.9 Å². The Hall–Kier alpha value is -0.0951. The zero-order valence-corrected chi connectivity index (χ0v) is 7.68. The van der Waals surface area contributed by atoms with Gasteiger partial charge in [-0.05, 0) is 19.3 Å². The fourth-order valence-electron chi connectivity index (χ4n) is 2.50. The average molecular weight is 186 g/mol. The average Bonchev–Trinajstić information content (AvgIpc) is 2.54. The molecule has 2 rings (SSSR count). The van der Waals surface area contributed by atoms with Crippen LogP contribution >= 0.6 is 0 Å². The number of aliphatic hydroxyl groups excluding tert-OH is 3. The molecule has 1 aliphatic carbocycles. The van der Waals surface area contributed by atoms with Gasteiger partial charge in [0.05, 0.1) is 12.1 Å². The number of hydrogen-bond donors (Lipinski definition) is 3. The lowest BCUT2D eigenvalue weighted by Crippen LogP contribution is -2.48. The first-order chi connectivity index (χ1) is 6.08. The first-order valence-corrected chi connectivity index (χ1v) is 4.80. The minimum absolute atomic E-state index is 0.386. The highest BCUT2D eigenvalue weighted by Crippen LogP contribution is 2.43. The van der Waals surface area contributed by atoms with Crippen LogP contribution in [-0.2, 0) is 4.74 Å². The van der Waals surface area contributed by atoms with Crippen molar-refractivity contribution >= 4 is 7.85 Å². The third-order valence-electron chi connectivity index (χ3n) is 3.32. The van der Waals surface area contributed by atoms with Crippen LogP contribution in [0.3, 0.4) is 0 Å². The minimum atomic E-state index is -0.944. The van der Waals surface area contributed by atoms with Gasteiger partial charge in [0.25, 0.3) is 0 Å². The lowest BCUT2D eigenvalue weighted by atomic mass is 9.87. The SMILES string of the molecule is B[C@@H]1O[C@@]2(CCCC2O)C(O)C1O. The highest BCUT2D eigenvalue weighted by molar-refractivity contribution is 6.11. The molecule has 3 N–H and O–H groups in total. The number of ether oxygens (including phenoxy) is 1. The molecule has 1 saturated carbocycles. The molecular weight excluding hydrogens is 171 g/mol. The molecule has 74 valence electrons. The molecule has 0 aromatic heterocycles. The summed E-state index contributed by atoms with van der Waals surface area (Å²) in [6.45, 7) is 0. The molecule has 0 bridgehead atoms. The highest BCUT2D eigenvalue weighted by Gasteiger charge is 2.58. The van der Waals surface area contributed by atoms with Crippen LogP contribution in [0.15, 0.2) is 0 Å². The van der Waals surface area contributed by atoms with E-state index in [1.165, 1.54) is 0 Å². The number of rotatable bonds is 0. The fourth-order valence-corrected chi connectivity index (χ4v) is 2.50. The molecule has 1 heterocycles.